The van der Waals surface area contributed by atoms with E-state index < -0.39 is 5.97 Å². The zero-order valence-electron chi connectivity index (χ0n) is 10.1. The molecule has 0 amide bonds. The van der Waals surface area contributed by atoms with Crippen LogP contribution in [0, 0.1) is 5.92 Å². The highest BCUT2D eigenvalue weighted by Gasteiger charge is 2.31. The second kappa shape index (κ2) is 5.50. The minimum Gasteiger partial charge on any atom is -0.480 e. The maximum atomic E-state index is 11.2. The first-order valence-electron chi connectivity index (χ1n) is 5.98. The van der Waals surface area contributed by atoms with Crippen molar-refractivity contribution in [2.45, 2.75) is 58.0 Å². The summed E-state index contributed by atoms with van der Waals surface area (Å²) in [6.45, 7) is 3.97. The molecule has 1 atom stereocenters. The van der Waals surface area contributed by atoms with Gasteiger partial charge in [-0.3, -0.25) is 9.69 Å². The average molecular weight is 213 g/mol. The predicted molar refractivity (Wildman–Crippen MR) is 60.9 cm³/mol. The predicted octanol–water partition coefficient (Wildman–Crippen LogP) is 2.36. The van der Waals surface area contributed by atoms with Gasteiger partial charge >= 0.3 is 5.97 Å². The van der Waals surface area contributed by atoms with E-state index in [1.807, 2.05) is 20.9 Å². The van der Waals surface area contributed by atoms with Gasteiger partial charge in [-0.05, 0) is 25.8 Å². The number of hydrogen-bond acceptors (Lipinski definition) is 2. The fourth-order valence-electron chi connectivity index (χ4n) is 2.65. The lowest BCUT2D eigenvalue weighted by Gasteiger charge is -2.36. The largest absolute Gasteiger partial charge is 0.480 e. The topological polar surface area (TPSA) is 40.5 Å². The minimum absolute atomic E-state index is 0.175. The van der Waals surface area contributed by atoms with Gasteiger partial charge in [-0.15, -0.1) is 0 Å². The number of aliphatic carboxylic acids is 1. The Labute approximate surface area is 92.5 Å². The highest BCUT2D eigenvalue weighted by molar-refractivity contribution is 5.73. The van der Waals surface area contributed by atoms with E-state index in [4.69, 9.17) is 0 Å². The number of carboxylic acid groups (broad SMARTS) is 1. The molecule has 0 aliphatic heterocycles. The highest BCUT2D eigenvalue weighted by Crippen LogP contribution is 2.24. The Morgan fingerprint density at radius 1 is 1.27 bits per heavy atom. The van der Waals surface area contributed by atoms with Crippen molar-refractivity contribution in [2.24, 2.45) is 5.92 Å². The van der Waals surface area contributed by atoms with Crippen LogP contribution in [0.25, 0.3) is 0 Å². The van der Waals surface area contributed by atoms with Crippen molar-refractivity contribution in [3.63, 3.8) is 0 Å². The van der Waals surface area contributed by atoms with Gasteiger partial charge in [0, 0.05) is 6.04 Å². The summed E-state index contributed by atoms with van der Waals surface area (Å²) in [4.78, 5) is 13.3. The van der Waals surface area contributed by atoms with Gasteiger partial charge in [0.05, 0.1) is 0 Å². The Morgan fingerprint density at radius 2 is 1.80 bits per heavy atom. The molecule has 0 aromatic rings. The van der Waals surface area contributed by atoms with Crippen LogP contribution in [0.5, 0.6) is 0 Å². The maximum Gasteiger partial charge on any atom is 0.321 e. The van der Waals surface area contributed by atoms with Gasteiger partial charge < -0.3 is 5.11 Å². The molecule has 1 aliphatic carbocycles. The molecular weight excluding hydrogens is 190 g/mol. The molecule has 1 saturated carbocycles. The van der Waals surface area contributed by atoms with E-state index in [0.717, 1.165) is 12.8 Å². The summed E-state index contributed by atoms with van der Waals surface area (Å²) in [5.41, 5.74) is 0. The Hall–Kier alpha value is -0.570. The zero-order chi connectivity index (χ0) is 11.4. The third kappa shape index (κ3) is 3.20. The first-order chi connectivity index (χ1) is 7.04. The molecule has 0 spiro atoms. The molecule has 0 aromatic carbocycles. The fourth-order valence-corrected chi connectivity index (χ4v) is 2.65. The Bertz CT molecular complexity index is 210. The fraction of sp³-hybridized carbons (Fsp3) is 0.917. The summed E-state index contributed by atoms with van der Waals surface area (Å²) in [6, 6.07) is 0.148. The third-order valence-electron chi connectivity index (χ3n) is 3.47. The van der Waals surface area contributed by atoms with Gasteiger partial charge in [-0.25, -0.2) is 0 Å². The molecule has 0 saturated heterocycles. The van der Waals surface area contributed by atoms with E-state index in [1.165, 1.54) is 19.3 Å². The molecule has 1 rings (SSSR count). The zero-order valence-corrected chi connectivity index (χ0v) is 10.1. The summed E-state index contributed by atoms with van der Waals surface area (Å²) < 4.78 is 0. The molecule has 3 heteroatoms. The Kier molecular flexibility index (Phi) is 4.58. The molecule has 3 nitrogen and oxygen atoms in total. The third-order valence-corrected chi connectivity index (χ3v) is 3.47. The maximum absolute atomic E-state index is 11.2. The van der Waals surface area contributed by atoms with Gasteiger partial charge in [0.25, 0.3) is 0 Å². The summed E-state index contributed by atoms with van der Waals surface area (Å²) >= 11 is 0. The molecule has 1 aliphatic rings. The lowest BCUT2D eigenvalue weighted by Crippen LogP contribution is -2.48. The molecular formula is C12H23NO2. The summed E-state index contributed by atoms with van der Waals surface area (Å²) in [6.07, 6.45) is 6.13. The van der Waals surface area contributed by atoms with Crippen molar-refractivity contribution in [2.75, 3.05) is 7.05 Å². The Morgan fingerprint density at radius 3 is 2.20 bits per heavy atom. The van der Waals surface area contributed by atoms with Crippen molar-refractivity contribution >= 4 is 5.97 Å². The van der Waals surface area contributed by atoms with Gasteiger partial charge in [0.1, 0.15) is 6.04 Å². The van der Waals surface area contributed by atoms with Crippen molar-refractivity contribution in [1.82, 2.24) is 4.90 Å². The first kappa shape index (κ1) is 12.5. The average Bonchev–Trinajstić information content (AvgIpc) is 2.18. The second-order valence-corrected chi connectivity index (χ2v) is 4.98. The standard InChI is InChI=1S/C12H23NO2/c1-9(2)11(12(14)15)13(3)10-7-5-4-6-8-10/h9-11H,4-8H2,1-3H3,(H,14,15)/t11-/m0/s1. The second-order valence-electron chi connectivity index (χ2n) is 4.98. The molecule has 15 heavy (non-hydrogen) atoms. The van der Waals surface area contributed by atoms with Crippen LogP contribution in [0.15, 0.2) is 0 Å². The van der Waals surface area contributed by atoms with Crippen LogP contribution in [-0.2, 0) is 4.79 Å². The van der Waals surface area contributed by atoms with E-state index in [-0.39, 0.29) is 12.0 Å². The van der Waals surface area contributed by atoms with E-state index in [1.54, 1.807) is 0 Å². The summed E-state index contributed by atoms with van der Waals surface area (Å²) in [5, 5.41) is 9.20. The first-order valence-corrected chi connectivity index (χ1v) is 5.98. The van der Waals surface area contributed by atoms with Crippen LogP contribution in [0.1, 0.15) is 46.0 Å². The number of likely N-dealkylation sites (N-methyl/N-ethyl adjacent to an activating group) is 1. The van der Waals surface area contributed by atoms with Crippen LogP contribution in [0.3, 0.4) is 0 Å². The molecule has 0 radical (unpaired) electrons. The minimum atomic E-state index is -0.682. The van der Waals surface area contributed by atoms with Gasteiger partial charge in [-0.2, -0.15) is 0 Å². The lowest BCUT2D eigenvalue weighted by molar-refractivity contribution is -0.145. The monoisotopic (exact) mass is 213 g/mol. The molecule has 0 unspecified atom stereocenters. The smallest absolute Gasteiger partial charge is 0.321 e. The number of carbonyl (C=O) groups is 1. The number of rotatable bonds is 4. The van der Waals surface area contributed by atoms with Crippen LogP contribution in [0.4, 0.5) is 0 Å². The Balaban J connectivity index is 2.61. The molecule has 88 valence electrons. The van der Waals surface area contributed by atoms with Gasteiger partial charge in [0.15, 0.2) is 0 Å². The van der Waals surface area contributed by atoms with Crippen LogP contribution < -0.4 is 0 Å². The van der Waals surface area contributed by atoms with Crippen molar-refractivity contribution in [3.8, 4) is 0 Å². The number of carboxylic acids is 1. The molecule has 0 aromatic heterocycles. The number of hydrogen-bond donors (Lipinski definition) is 1. The van der Waals surface area contributed by atoms with E-state index in [9.17, 15) is 9.90 Å². The molecule has 1 fully saturated rings. The van der Waals surface area contributed by atoms with Crippen molar-refractivity contribution < 1.29 is 9.90 Å². The van der Waals surface area contributed by atoms with Crippen LogP contribution >= 0.6 is 0 Å². The van der Waals surface area contributed by atoms with E-state index >= 15 is 0 Å². The van der Waals surface area contributed by atoms with Crippen molar-refractivity contribution in [1.29, 1.82) is 0 Å². The molecule has 1 N–H and O–H groups in total. The lowest BCUT2D eigenvalue weighted by atomic mass is 9.91. The quantitative estimate of drug-likeness (QED) is 0.779. The summed E-state index contributed by atoms with van der Waals surface area (Å²) in [5.74, 6) is -0.507. The van der Waals surface area contributed by atoms with E-state index in [2.05, 4.69) is 4.90 Å². The molecule has 0 heterocycles. The van der Waals surface area contributed by atoms with Gasteiger partial charge in [-0.1, -0.05) is 33.1 Å². The normalized spacial score (nSPS) is 20.9. The number of nitrogens with zero attached hydrogens (tertiary/aromatic N) is 1. The van der Waals surface area contributed by atoms with Gasteiger partial charge in [0.2, 0.25) is 0 Å². The van der Waals surface area contributed by atoms with E-state index in [0.29, 0.717) is 6.04 Å². The van der Waals surface area contributed by atoms with Crippen LogP contribution in [-0.4, -0.2) is 35.1 Å². The highest BCUT2D eigenvalue weighted by atomic mass is 16.4. The summed E-state index contributed by atoms with van der Waals surface area (Å²) in [7, 11) is 1.97. The van der Waals surface area contributed by atoms with Crippen LogP contribution in [0.2, 0.25) is 0 Å². The SMILES string of the molecule is CC(C)[C@@H](C(=O)O)N(C)C1CCCCC1. The molecule has 0 bridgehead atoms. The van der Waals surface area contributed by atoms with Crippen molar-refractivity contribution in [3.05, 3.63) is 0 Å².